The van der Waals surface area contributed by atoms with E-state index < -0.39 is 18.1 Å². The van der Waals surface area contributed by atoms with E-state index in [0.29, 0.717) is 12.0 Å². The molecule has 1 amide bonds. The van der Waals surface area contributed by atoms with Gasteiger partial charge in [-0.1, -0.05) is 55.5 Å². The molecule has 1 heterocycles. The van der Waals surface area contributed by atoms with Crippen LogP contribution in [0.4, 0.5) is 4.79 Å². The molecule has 1 atom stereocenters. The summed E-state index contributed by atoms with van der Waals surface area (Å²) in [6.07, 6.45) is 3.16. The van der Waals surface area contributed by atoms with Crippen molar-refractivity contribution in [2.45, 2.75) is 45.2 Å². The normalized spacial score (nSPS) is 13.5. The first kappa shape index (κ1) is 22.6. The summed E-state index contributed by atoms with van der Waals surface area (Å²) in [6, 6.07) is 15.2. The lowest BCUT2D eigenvalue weighted by Crippen LogP contribution is -2.40. The van der Waals surface area contributed by atoms with Crippen molar-refractivity contribution < 1.29 is 19.4 Å². The molecule has 3 aromatic rings. The Kier molecular flexibility index (Phi) is 6.49. The number of aromatic nitrogens is 2. The Hall–Kier alpha value is -3.61. The van der Waals surface area contributed by atoms with E-state index in [-0.39, 0.29) is 25.1 Å². The summed E-state index contributed by atoms with van der Waals surface area (Å²) in [5, 5.41) is 14.2. The predicted molar refractivity (Wildman–Crippen MR) is 125 cm³/mol. The van der Waals surface area contributed by atoms with Gasteiger partial charge in [0.2, 0.25) is 0 Å². The highest BCUT2D eigenvalue weighted by Crippen LogP contribution is 2.44. The number of hydrogen-bond acceptors (Lipinski definition) is 4. The first-order chi connectivity index (χ1) is 15.9. The molecule has 0 spiro atoms. The Balaban J connectivity index is 1.57. The van der Waals surface area contributed by atoms with Crippen LogP contribution >= 0.6 is 0 Å². The van der Waals surface area contributed by atoms with Gasteiger partial charge in [0.25, 0.3) is 0 Å². The number of hydrogen-bond donors (Lipinski definition) is 1. The van der Waals surface area contributed by atoms with E-state index in [9.17, 15) is 14.7 Å². The number of nitrogens with zero attached hydrogens (tertiary/aromatic N) is 3. The Labute approximate surface area is 193 Å². The number of benzene rings is 2. The molecule has 0 saturated heterocycles. The standard InChI is InChI=1S/C26H29N3O4/c1-4-13-28(24(25(30)31)18-14-27-29(15-18)17(2)3)26(32)33-16-23-21-11-7-5-9-19(21)20-10-6-8-12-22(20)23/h5-12,14-15,17,23-24H,4,13,16H2,1-3H3,(H,30,31). The number of carboxylic acids is 1. The van der Waals surface area contributed by atoms with Crippen LogP contribution in [-0.4, -0.2) is 45.0 Å². The van der Waals surface area contributed by atoms with Gasteiger partial charge in [-0.25, -0.2) is 9.59 Å². The van der Waals surface area contributed by atoms with Crippen LogP contribution in [0.3, 0.4) is 0 Å². The summed E-state index contributed by atoms with van der Waals surface area (Å²) in [5.41, 5.74) is 4.97. The highest BCUT2D eigenvalue weighted by atomic mass is 16.6. The molecule has 1 N–H and O–H groups in total. The summed E-state index contributed by atoms with van der Waals surface area (Å²) in [4.78, 5) is 26.7. The largest absolute Gasteiger partial charge is 0.479 e. The van der Waals surface area contributed by atoms with Gasteiger partial charge in [0, 0.05) is 30.3 Å². The molecule has 0 bridgehead atoms. The maximum Gasteiger partial charge on any atom is 0.410 e. The third-order valence-electron chi connectivity index (χ3n) is 6.05. The fourth-order valence-electron chi connectivity index (χ4n) is 4.48. The second-order valence-electron chi connectivity index (χ2n) is 8.59. The quantitative estimate of drug-likeness (QED) is 0.510. The Morgan fingerprint density at radius 2 is 1.70 bits per heavy atom. The van der Waals surface area contributed by atoms with E-state index in [0.717, 1.165) is 22.3 Å². The molecule has 0 aliphatic heterocycles. The minimum atomic E-state index is -1.16. The fraction of sp³-hybridized carbons (Fsp3) is 0.346. The van der Waals surface area contributed by atoms with Crippen molar-refractivity contribution in [3.63, 3.8) is 0 Å². The summed E-state index contributed by atoms with van der Waals surface area (Å²) >= 11 is 0. The lowest BCUT2D eigenvalue weighted by Gasteiger charge is -2.28. The van der Waals surface area contributed by atoms with E-state index in [2.05, 4.69) is 29.4 Å². The van der Waals surface area contributed by atoms with Crippen LogP contribution in [-0.2, 0) is 9.53 Å². The summed E-state index contributed by atoms with van der Waals surface area (Å²) in [6.45, 7) is 6.23. The maximum absolute atomic E-state index is 13.2. The number of carboxylic acid groups (broad SMARTS) is 1. The smallest absolute Gasteiger partial charge is 0.410 e. The highest BCUT2D eigenvalue weighted by Gasteiger charge is 2.35. The van der Waals surface area contributed by atoms with Crippen molar-refractivity contribution in [1.82, 2.24) is 14.7 Å². The van der Waals surface area contributed by atoms with Crippen LogP contribution in [0.15, 0.2) is 60.9 Å². The lowest BCUT2D eigenvalue weighted by atomic mass is 9.98. The lowest BCUT2D eigenvalue weighted by molar-refractivity contribution is -0.143. The zero-order valence-corrected chi connectivity index (χ0v) is 19.1. The molecule has 4 rings (SSSR count). The summed E-state index contributed by atoms with van der Waals surface area (Å²) in [5.74, 6) is -1.20. The number of amides is 1. The molecule has 1 aliphatic carbocycles. The zero-order valence-electron chi connectivity index (χ0n) is 19.1. The van der Waals surface area contributed by atoms with E-state index in [1.165, 1.54) is 11.1 Å². The van der Waals surface area contributed by atoms with Gasteiger partial charge in [-0.2, -0.15) is 5.10 Å². The van der Waals surface area contributed by atoms with Crippen LogP contribution in [0.1, 0.15) is 61.9 Å². The number of carbonyl (C=O) groups excluding carboxylic acids is 1. The molecular formula is C26H29N3O4. The molecule has 0 fully saturated rings. The highest BCUT2D eigenvalue weighted by molar-refractivity contribution is 5.82. The molecule has 33 heavy (non-hydrogen) atoms. The SMILES string of the molecule is CCCN(C(=O)OCC1c2ccccc2-c2ccccc21)C(C(=O)O)c1cnn(C(C)C)c1. The van der Waals surface area contributed by atoms with Crippen molar-refractivity contribution in [3.05, 3.63) is 77.6 Å². The van der Waals surface area contributed by atoms with Crippen molar-refractivity contribution in [3.8, 4) is 11.1 Å². The third kappa shape index (κ3) is 4.35. The number of carbonyl (C=O) groups is 2. The molecule has 1 aliphatic rings. The molecule has 0 saturated carbocycles. The van der Waals surface area contributed by atoms with Gasteiger partial charge in [0.05, 0.1) is 6.20 Å². The van der Waals surface area contributed by atoms with E-state index in [1.807, 2.05) is 45.0 Å². The van der Waals surface area contributed by atoms with Crippen LogP contribution in [0.25, 0.3) is 11.1 Å². The first-order valence-corrected chi connectivity index (χ1v) is 11.3. The van der Waals surface area contributed by atoms with Crippen molar-refractivity contribution in [2.75, 3.05) is 13.2 Å². The zero-order chi connectivity index (χ0) is 23.5. The Morgan fingerprint density at radius 3 is 2.21 bits per heavy atom. The average Bonchev–Trinajstić information content (AvgIpc) is 3.41. The van der Waals surface area contributed by atoms with Gasteiger partial charge < -0.3 is 9.84 Å². The Morgan fingerprint density at radius 1 is 1.09 bits per heavy atom. The van der Waals surface area contributed by atoms with E-state index in [1.54, 1.807) is 10.9 Å². The van der Waals surface area contributed by atoms with Crippen molar-refractivity contribution in [1.29, 1.82) is 0 Å². The topological polar surface area (TPSA) is 84.7 Å². The van der Waals surface area contributed by atoms with E-state index in [4.69, 9.17) is 4.74 Å². The van der Waals surface area contributed by atoms with Gasteiger partial charge in [0.1, 0.15) is 6.61 Å². The van der Waals surface area contributed by atoms with Crippen molar-refractivity contribution in [2.24, 2.45) is 0 Å². The van der Waals surface area contributed by atoms with Crippen LogP contribution < -0.4 is 0 Å². The number of ether oxygens (including phenoxy) is 1. The second kappa shape index (κ2) is 9.48. The second-order valence-corrected chi connectivity index (χ2v) is 8.59. The molecule has 0 radical (unpaired) electrons. The van der Waals surface area contributed by atoms with E-state index >= 15 is 0 Å². The van der Waals surface area contributed by atoms with Gasteiger partial charge in [-0.05, 0) is 42.5 Å². The molecule has 7 heteroatoms. The van der Waals surface area contributed by atoms with Crippen LogP contribution in [0.2, 0.25) is 0 Å². The monoisotopic (exact) mass is 447 g/mol. The first-order valence-electron chi connectivity index (χ1n) is 11.3. The average molecular weight is 448 g/mol. The van der Waals surface area contributed by atoms with Gasteiger partial charge in [0.15, 0.2) is 6.04 Å². The van der Waals surface area contributed by atoms with Crippen LogP contribution in [0.5, 0.6) is 0 Å². The van der Waals surface area contributed by atoms with Gasteiger partial charge in [-0.15, -0.1) is 0 Å². The number of rotatable bonds is 8. The molecule has 172 valence electrons. The molecule has 1 unspecified atom stereocenters. The molecule has 1 aromatic heterocycles. The summed E-state index contributed by atoms with van der Waals surface area (Å²) in [7, 11) is 0. The number of fused-ring (bicyclic) bond motifs is 3. The maximum atomic E-state index is 13.2. The molecule has 2 aromatic carbocycles. The predicted octanol–water partition coefficient (Wildman–Crippen LogP) is 5.25. The van der Waals surface area contributed by atoms with Crippen LogP contribution in [0, 0.1) is 0 Å². The molecule has 7 nitrogen and oxygen atoms in total. The van der Waals surface area contributed by atoms with Gasteiger partial charge in [-0.3, -0.25) is 9.58 Å². The van der Waals surface area contributed by atoms with Crippen molar-refractivity contribution >= 4 is 12.1 Å². The Bertz CT molecular complexity index is 1110. The fourth-order valence-corrected chi connectivity index (χ4v) is 4.48. The number of aliphatic carboxylic acids is 1. The molecular weight excluding hydrogens is 418 g/mol. The third-order valence-corrected chi connectivity index (χ3v) is 6.05. The minimum absolute atomic E-state index is 0.0854. The van der Waals surface area contributed by atoms with Gasteiger partial charge >= 0.3 is 12.1 Å². The minimum Gasteiger partial charge on any atom is -0.479 e. The summed E-state index contributed by atoms with van der Waals surface area (Å²) < 4.78 is 7.45.